The smallest absolute Gasteiger partial charge is 0.296 e. The van der Waals surface area contributed by atoms with Crippen LogP contribution in [-0.4, -0.2) is 36.5 Å². The number of nitrogens with zero attached hydrogens (tertiary/aromatic N) is 1. The van der Waals surface area contributed by atoms with E-state index in [1.54, 1.807) is 6.07 Å². The maximum Gasteiger partial charge on any atom is 0.296 e. The minimum absolute atomic E-state index is 0.00249. The monoisotopic (exact) mass is 419 g/mol. The van der Waals surface area contributed by atoms with Gasteiger partial charge in [0, 0.05) is 19.0 Å². The zero-order valence-corrected chi connectivity index (χ0v) is 16.9. The lowest BCUT2D eigenvalue weighted by molar-refractivity contribution is -0.384. The molecule has 1 aromatic carbocycles. The maximum atomic E-state index is 12.3. The van der Waals surface area contributed by atoms with Crippen molar-refractivity contribution >= 4 is 23.2 Å². The quantitative estimate of drug-likeness (QED) is 0.397. The van der Waals surface area contributed by atoms with Crippen molar-refractivity contribution in [2.45, 2.75) is 33.1 Å². The number of nitro groups is 1. The fourth-order valence-corrected chi connectivity index (χ4v) is 2.45. The average molecular weight is 419 g/mol. The Morgan fingerprint density at radius 1 is 1.13 bits per heavy atom. The van der Waals surface area contributed by atoms with Crippen molar-refractivity contribution in [3.63, 3.8) is 0 Å². The van der Waals surface area contributed by atoms with Crippen LogP contribution in [0.4, 0.5) is 11.4 Å². The number of carbonyl (C=O) groups excluding carboxylic acids is 2. The van der Waals surface area contributed by atoms with Gasteiger partial charge in [-0.05, 0) is 25.0 Å². The summed E-state index contributed by atoms with van der Waals surface area (Å²) in [5.74, 6) is -0.252. The van der Waals surface area contributed by atoms with Gasteiger partial charge in [-0.2, -0.15) is 0 Å². The summed E-state index contributed by atoms with van der Waals surface area (Å²) in [6.07, 6.45) is 2.75. The van der Waals surface area contributed by atoms with Gasteiger partial charge < -0.3 is 24.5 Å². The van der Waals surface area contributed by atoms with Crippen molar-refractivity contribution in [2.24, 2.45) is 0 Å². The second-order valence-electron chi connectivity index (χ2n) is 6.30. The standard InChI is InChI=1S/C20H25N3O7/c1-3-9-28-17-12-14(15(23(26)27)13-18(17)29-10-4-2)22-19(24)7-8-21-20(25)16-6-5-11-30-16/h5-6,11-13H,3-4,7-10H2,1-2H3,(H,21,25)(H,22,24). The van der Waals surface area contributed by atoms with Crippen molar-refractivity contribution in [1.82, 2.24) is 5.32 Å². The third-order valence-corrected chi connectivity index (χ3v) is 3.84. The lowest BCUT2D eigenvalue weighted by Crippen LogP contribution is -2.27. The maximum absolute atomic E-state index is 12.3. The lowest BCUT2D eigenvalue weighted by Gasteiger charge is -2.14. The number of amides is 2. The second-order valence-corrected chi connectivity index (χ2v) is 6.30. The van der Waals surface area contributed by atoms with Gasteiger partial charge in [-0.1, -0.05) is 13.8 Å². The molecule has 0 radical (unpaired) electrons. The van der Waals surface area contributed by atoms with Gasteiger partial charge in [0.05, 0.1) is 30.5 Å². The SMILES string of the molecule is CCCOc1cc(NC(=O)CCNC(=O)c2ccco2)c([N+](=O)[O-])cc1OCCC. The molecule has 1 heterocycles. The number of rotatable bonds is 12. The summed E-state index contributed by atoms with van der Waals surface area (Å²) < 4.78 is 16.2. The van der Waals surface area contributed by atoms with Crippen LogP contribution in [0.25, 0.3) is 0 Å². The van der Waals surface area contributed by atoms with Crippen LogP contribution in [-0.2, 0) is 4.79 Å². The van der Waals surface area contributed by atoms with Crippen molar-refractivity contribution in [1.29, 1.82) is 0 Å². The normalized spacial score (nSPS) is 10.3. The number of carbonyl (C=O) groups is 2. The number of anilines is 1. The first-order valence-corrected chi connectivity index (χ1v) is 9.65. The fourth-order valence-electron chi connectivity index (χ4n) is 2.45. The van der Waals surface area contributed by atoms with Crippen LogP contribution in [0, 0.1) is 10.1 Å². The van der Waals surface area contributed by atoms with Gasteiger partial charge in [0.1, 0.15) is 5.69 Å². The molecule has 10 nitrogen and oxygen atoms in total. The second kappa shape index (κ2) is 11.4. The first kappa shape index (κ1) is 22.7. The van der Waals surface area contributed by atoms with E-state index in [0.717, 1.165) is 12.8 Å². The summed E-state index contributed by atoms with van der Waals surface area (Å²) in [7, 11) is 0. The molecule has 0 bridgehead atoms. The Kier molecular flexibility index (Phi) is 8.67. The van der Waals surface area contributed by atoms with Crippen LogP contribution < -0.4 is 20.1 Å². The molecule has 0 spiro atoms. The summed E-state index contributed by atoms with van der Waals surface area (Å²) in [6, 6.07) is 5.71. The molecule has 2 aromatic rings. The van der Waals surface area contributed by atoms with Gasteiger partial charge in [0.2, 0.25) is 5.91 Å². The highest BCUT2D eigenvalue weighted by molar-refractivity contribution is 5.95. The molecule has 0 unspecified atom stereocenters. The predicted octanol–water partition coefficient (Wildman–Crippen LogP) is 3.52. The Balaban J connectivity index is 2.08. The average Bonchev–Trinajstić information content (AvgIpc) is 3.26. The van der Waals surface area contributed by atoms with Crippen LogP contribution in [0.3, 0.4) is 0 Å². The molecule has 2 rings (SSSR count). The van der Waals surface area contributed by atoms with E-state index in [-0.39, 0.29) is 35.9 Å². The molecule has 10 heteroatoms. The molecule has 0 saturated heterocycles. The molecule has 0 aliphatic heterocycles. The zero-order valence-electron chi connectivity index (χ0n) is 16.9. The van der Waals surface area contributed by atoms with E-state index in [0.29, 0.717) is 19.0 Å². The molecule has 0 fully saturated rings. The summed E-state index contributed by atoms with van der Waals surface area (Å²) in [4.78, 5) is 34.9. The first-order chi connectivity index (χ1) is 14.5. The van der Waals surface area contributed by atoms with Crippen LogP contribution in [0.1, 0.15) is 43.7 Å². The largest absolute Gasteiger partial charge is 0.490 e. The number of nitrogens with one attached hydrogen (secondary N) is 2. The van der Waals surface area contributed by atoms with E-state index < -0.39 is 16.7 Å². The Labute approximate surface area is 173 Å². The van der Waals surface area contributed by atoms with Crippen molar-refractivity contribution in [3.05, 3.63) is 46.4 Å². The third-order valence-electron chi connectivity index (χ3n) is 3.84. The van der Waals surface area contributed by atoms with Crippen LogP contribution in [0.15, 0.2) is 34.9 Å². The molecule has 2 amide bonds. The van der Waals surface area contributed by atoms with Gasteiger partial charge in [-0.25, -0.2) is 0 Å². The van der Waals surface area contributed by atoms with E-state index in [2.05, 4.69) is 10.6 Å². The first-order valence-electron chi connectivity index (χ1n) is 9.65. The molecule has 162 valence electrons. The van der Waals surface area contributed by atoms with E-state index in [1.165, 1.54) is 24.5 Å². The lowest BCUT2D eigenvalue weighted by atomic mass is 10.2. The summed E-state index contributed by atoms with van der Waals surface area (Å²) in [5.41, 5.74) is -0.310. The fraction of sp³-hybridized carbons (Fsp3) is 0.400. The van der Waals surface area contributed by atoms with Crippen LogP contribution >= 0.6 is 0 Å². The van der Waals surface area contributed by atoms with Crippen molar-refractivity contribution in [3.8, 4) is 11.5 Å². The summed E-state index contributed by atoms with van der Waals surface area (Å²) >= 11 is 0. The van der Waals surface area contributed by atoms with Crippen LogP contribution in [0.2, 0.25) is 0 Å². The van der Waals surface area contributed by atoms with Gasteiger partial charge in [0.15, 0.2) is 17.3 Å². The molecular weight excluding hydrogens is 394 g/mol. The van der Waals surface area contributed by atoms with E-state index in [1.807, 2.05) is 13.8 Å². The molecular formula is C20H25N3O7. The van der Waals surface area contributed by atoms with Crippen molar-refractivity contribution in [2.75, 3.05) is 25.1 Å². The number of nitro benzene ring substituents is 1. The van der Waals surface area contributed by atoms with E-state index in [9.17, 15) is 19.7 Å². The Morgan fingerprint density at radius 2 is 1.80 bits per heavy atom. The van der Waals surface area contributed by atoms with Gasteiger partial charge in [0.25, 0.3) is 11.6 Å². The summed E-state index contributed by atoms with van der Waals surface area (Å²) in [6.45, 7) is 4.65. The minimum Gasteiger partial charge on any atom is -0.490 e. The van der Waals surface area contributed by atoms with Gasteiger partial charge >= 0.3 is 0 Å². The highest BCUT2D eigenvalue weighted by Crippen LogP contribution is 2.38. The molecule has 1 aromatic heterocycles. The minimum atomic E-state index is -0.600. The molecule has 2 N–H and O–H groups in total. The van der Waals surface area contributed by atoms with E-state index in [4.69, 9.17) is 13.9 Å². The number of hydrogen-bond donors (Lipinski definition) is 2. The number of ether oxygens (including phenoxy) is 2. The topological polar surface area (TPSA) is 133 Å². The Morgan fingerprint density at radius 3 is 2.37 bits per heavy atom. The Hall–Kier alpha value is -3.56. The molecule has 0 saturated carbocycles. The molecule has 0 aliphatic carbocycles. The van der Waals surface area contributed by atoms with Gasteiger partial charge in [-0.3, -0.25) is 19.7 Å². The third kappa shape index (κ3) is 6.50. The summed E-state index contributed by atoms with van der Waals surface area (Å²) in [5, 5.41) is 16.5. The highest BCUT2D eigenvalue weighted by Gasteiger charge is 2.22. The predicted molar refractivity (Wildman–Crippen MR) is 109 cm³/mol. The highest BCUT2D eigenvalue weighted by atomic mass is 16.6. The molecule has 0 aliphatic rings. The van der Waals surface area contributed by atoms with Crippen LogP contribution in [0.5, 0.6) is 11.5 Å². The number of benzene rings is 1. The van der Waals surface area contributed by atoms with Gasteiger partial charge in [-0.15, -0.1) is 0 Å². The van der Waals surface area contributed by atoms with Crippen molar-refractivity contribution < 1.29 is 28.4 Å². The zero-order chi connectivity index (χ0) is 21.9. The Bertz CT molecular complexity index is 866. The van der Waals surface area contributed by atoms with E-state index >= 15 is 0 Å². The molecule has 0 atom stereocenters. The molecule has 30 heavy (non-hydrogen) atoms. The number of hydrogen-bond acceptors (Lipinski definition) is 7. The number of furan rings is 1.